The molecular formula is C18H21NO4. The summed E-state index contributed by atoms with van der Waals surface area (Å²) >= 11 is 0. The largest absolute Gasteiger partial charge is 0.493 e. The van der Waals surface area contributed by atoms with E-state index >= 15 is 0 Å². The minimum absolute atomic E-state index is 0.155. The molecular weight excluding hydrogens is 294 g/mol. The number of aromatic carboxylic acids is 1. The summed E-state index contributed by atoms with van der Waals surface area (Å²) in [4.78, 5) is 10.3. The molecule has 2 aromatic rings. The maximum absolute atomic E-state index is 10.3. The number of hydrogen-bond acceptors (Lipinski definition) is 4. The van der Waals surface area contributed by atoms with Crippen LogP contribution in [0.15, 0.2) is 48.5 Å². The average Bonchev–Trinajstić information content (AvgIpc) is 2.55. The quantitative estimate of drug-likeness (QED) is 0.841. The molecule has 3 N–H and O–H groups in total. The number of allylic oxidation sites excluding steroid dienone is 1. The Labute approximate surface area is 136 Å². The third kappa shape index (κ3) is 5.07. The van der Waals surface area contributed by atoms with Gasteiger partial charge in [-0.3, -0.25) is 0 Å². The summed E-state index contributed by atoms with van der Waals surface area (Å²) in [7, 11) is 3.28. The molecule has 5 heteroatoms. The monoisotopic (exact) mass is 315 g/mol. The van der Waals surface area contributed by atoms with E-state index in [-0.39, 0.29) is 5.56 Å². The summed E-state index contributed by atoms with van der Waals surface area (Å²) in [5.74, 6) is 0.555. The van der Waals surface area contributed by atoms with Gasteiger partial charge in [-0.2, -0.15) is 0 Å². The molecule has 0 aromatic heterocycles. The lowest BCUT2D eigenvalue weighted by atomic mass is 10.1. The molecule has 0 atom stereocenters. The number of carboxylic acids is 1. The van der Waals surface area contributed by atoms with Crippen LogP contribution in [0, 0.1) is 0 Å². The van der Waals surface area contributed by atoms with Crippen molar-refractivity contribution in [1.29, 1.82) is 0 Å². The lowest BCUT2D eigenvalue weighted by Gasteiger charge is -2.09. The van der Waals surface area contributed by atoms with Gasteiger partial charge in [-0.25, -0.2) is 4.79 Å². The van der Waals surface area contributed by atoms with E-state index < -0.39 is 5.97 Å². The first kappa shape index (κ1) is 18.1. The van der Waals surface area contributed by atoms with Gasteiger partial charge in [0.1, 0.15) is 0 Å². The molecule has 0 unspecified atom stereocenters. The number of rotatable bonds is 4. The van der Waals surface area contributed by atoms with Crippen LogP contribution >= 0.6 is 0 Å². The topological polar surface area (TPSA) is 81.8 Å². The van der Waals surface area contributed by atoms with Crippen molar-refractivity contribution < 1.29 is 19.4 Å². The Balaban J connectivity index is 0.000000238. The van der Waals surface area contributed by atoms with E-state index in [9.17, 15) is 4.79 Å². The number of nitrogens with two attached hydrogens (primary N) is 1. The highest BCUT2D eigenvalue weighted by atomic mass is 16.5. The van der Waals surface area contributed by atoms with Crippen molar-refractivity contribution in [2.75, 3.05) is 20.0 Å². The summed E-state index contributed by atoms with van der Waals surface area (Å²) in [5, 5.41) is 8.49. The predicted octanol–water partition coefficient (Wildman–Crippen LogP) is 3.70. The van der Waals surface area contributed by atoms with Crippen molar-refractivity contribution in [2.45, 2.75) is 6.92 Å². The van der Waals surface area contributed by atoms with Crippen LogP contribution in [0.3, 0.4) is 0 Å². The first-order chi connectivity index (χ1) is 11.0. The van der Waals surface area contributed by atoms with Crippen LogP contribution in [0.1, 0.15) is 22.8 Å². The van der Waals surface area contributed by atoms with Gasteiger partial charge >= 0.3 is 5.97 Å². The first-order valence-electron chi connectivity index (χ1n) is 6.96. The number of para-hydroxylation sites is 2. The number of nitrogen functional groups attached to an aromatic ring is 1. The molecule has 23 heavy (non-hydrogen) atoms. The van der Waals surface area contributed by atoms with E-state index in [4.69, 9.17) is 20.3 Å². The fourth-order valence-corrected chi connectivity index (χ4v) is 1.91. The molecule has 2 rings (SSSR count). The minimum atomic E-state index is -0.988. The molecule has 0 fully saturated rings. The Morgan fingerprint density at radius 1 is 1.09 bits per heavy atom. The van der Waals surface area contributed by atoms with Gasteiger partial charge in [0.2, 0.25) is 0 Å². The van der Waals surface area contributed by atoms with Crippen molar-refractivity contribution in [3.63, 3.8) is 0 Å². The highest BCUT2D eigenvalue weighted by Gasteiger charge is 2.05. The molecule has 0 saturated heterocycles. The third-order valence-electron chi connectivity index (χ3n) is 2.97. The number of methoxy groups -OCH3 is 2. The molecule has 0 radical (unpaired) electrons. The lowest BCUT2D eigenvalue weighted by molar-refractivity contribution is 0.0698. The Bertz CT molecular complexity index is 680. The van der Waals surface area contributed by atoms with Crippen LogP contribution in [0.25, 0.3) is 6.08 Å². The van der Waals surface area contributed by atoms with Crippen molar-refractivity contribution >= 4 is 17.7 Å². The maximum Gasteiger partial charge on any atom is 0.337 e. The van der Waals surface area contributed by atoms with E-state index in [0.717, 1.165) is 17.1 Å². The number of carboxylic acid groups (broad SMARTS) is 1. The Kier molecular flexibility index (Phi) is 7.20. The molecule has 0 saturated carbocycles. The van der Waals surface area contributed by atoms with Crippen LogP contribution in [-0.2, 0) is 0 Å². The van der Waals surface area contributed by atoms with Gasteiger partial charge in [0.25, 0.3) is 0 Å². The number of hydrogen-bond donors (Lipinski definition) is 2. The minimum Gasteiger partial charge on any atom is -0.493 e. The second-order valence-corrected chi connectivity index (χ2v) is 4.48. The van der Waals surface area contributed by atoms with Crippen LogP contribution in [0.5, 0.6) is 11.5 Å². The Hall–Kier alpha value is -2.95. The second kappa shape index (κ2) is 9.15. The zero-order chi connectivity index (χ0) is 17.2. The number of benzene rings is 2. The molecule has 0 aliphatic rings. The van der Waals surface area contributed by atoms with E-state index in [1.165, 1.54) is 6.07 Å². The summed E-state index contributed by atoms with van der Waals surface area (Å²) in [6.45, 7) is 1.97. The Morgan fingerprint density at radius 2 is 1.78 bits per heavy atom. The van der Waals surface area contributed by atoms with E-state index in [1.807, 2.05) is 37.3 Å². The number of anilines is 1. The van der Waals surface area contributed by atoms with Crippen molar-refractivity contribution in [1.82, 2.24) is 0 Å². The van der Waals surface area contributed by atoms with Crippen LogP contribution in [0.2, 0.25) is 0 Å². The summed E-state index contributed by atoms with van der Waals surface area (Å²) in [6.07, 6.45) is 3.96. The molecule has 5 nitrogen and oxygen atoms in total. The predicted molar refractivity (Wildman–Crippen MR) is 92.1 cm³/mol. The first-order valence-corrected chi connectivity index (χ1v) is 6.96. The average molecular weight is 315 g/mol. The molecule has 0 spiro atoms. The van der Waals surface area contributed by atoms with Crippen LogP contribution in [-0.4, -0.2) is 25.3 Å². The van der Waals surface area contributed by atoms with Gasteiger partial charge in [0.05, 0.1) is 19.8 Å². The molecule has 0 aliphatic heterocycles. The second-order valence-electron chi connectivity index (χ2n) is 4.48. The summed E-state index contributed by atoms with van der Waals surface area (Å²) < 4.78 is 10.4. The smallest absolute Gasteiger partial charge is 0.337 e. The zero-order valence-corrected chi connectivity index (χ0v) is 13.4. The SMILES string of the molecule is CC=Cc1cccc(OC)c1OC.Nc1ccccc1C(=O)O. The van der Waals surface area contributed by atoms with Crippen LogP contribution < -0.4 is 15.2 Å². The summed E-state index contributed by atoms with van der Waals surface area (Å²) in [5.41, 5.74) is 6.83. The van der Waals surface area contributed by atoms with Gasteiger partial charge < -0.3 is 20.3 Å². The van der Waals surface area contributed by atoms with Gasteiger partial charge in [0, 0.05) is 11.3 Å². The van der Waals surface area contributed by atoms with Crippen molar-refractivity contribution in [2.24, 2.45) is 0 Å². The highest BCUT2D eigenvalue weighted by Crippen LogP contribution is 2.31. The molecule has 0 bridgehead atoms. The van der Waals surface area contributed by atoms with E-state index in [0.29, 0.717) is 5.69 Å². The lowest BCUT2D eigenvalue weighted by Crippen LogP contribution is -2.00. The molecule has 0 heterocycles. The highest BCUT2D eigenvalue weighted by molar-refractivity contribution is 5.93. The van der Waals surface area contributed by atoms with Gasteiger partial charge in [-0.1, -0.05) is 36.4 Å². The molecule has 0 aliphatic carbocycles. The number of carbonyl (C=O) groups is 1. The molecule has 122 valence electrons. The Morgan fingerprint density at radius 3 is 2.26 bits per heavy atom. The van der Waals surface area contributed by atoms with E-state index in [1.54, 1.807) is 32.4 Å². The van der Waals surface area contributed by atoms with Gasteiger partial charge in [-0.05, 0) is 25.1 Å². The zero-order valence-electron chi connectivity index (χ0n) is 13.4. The van der Waals surface area contributed by atoms with Crippen molar-refractivity contribution in [3.05, 3.63) is 59.7 Å². The third-order valence-corrected chi connectivity index (χ3v) is 2.97. The van der Waals surface area contributed by atoms with Gasteiger partial charge in [-0.15, -0.1) is 0 Å². The molecule has 2 aromatic carbocycles. The standard InChI is InChI=1S/C11H14O2.C7H7NO2/c1-4-6-9-7-5-8-10(12-2)11(9)13-3;8-6-4-2-1-3-5(6)7(9)10/h4-8H,1-3H3;1-4H,8H2,(H,9,10). The maximum atomic E-state index is 10.3. The fourth-order valence-electron chi connectivity index (χ4n) is 1.91. The normalized spacial score (nSPS) is 9.87. The summed E-state index contributed by atoms with van der Waals surface area (Å²) in [6, 6.07) is 12.2. The van der Waals surface area contributed by atoms with Crippen LogP contribution in [0.4, 0.5) is 5.69 Å². The van der Waals surface area contributed by atoms with Crippen molar-refractivity contribution in [3.8, 4) is 11.5 Å². The van der Waals surface area contributed by atoms with E-state index in [2.05, 4.69) is 0 Å². The number of ether oxygens (including phenoxy) is 2. The van der Waals surface area contributed by atoms with Gasteiger partial charge in [0.15, 0.2) is 11.5 Å². The molecule has 0 amide bonds. The fraction of sp³-hybridized carbons (Fsp3) is 0.167.